The number of sulfonamides is 1. The number of esters is 1. The maximum absolute atomic E-state index is 11.7. The van der Waals surface area contributed by atoms with Crippen LogP contribution in [0.3, 0.4) is 0 Å². The summed E-state index contributed by atoms with van der Waals surface area (Å²) >= 11 is 5.77. The van der Waals surface area contributed by atoms with Crippen LogP contribution in [-0.2, 0) is 14.8 Å². The molecule has 0 amide bonds. The van der Waals surface area contributed by atoms with Crippen molar-refractivity contribution in [3.05, 3.63) is 28.8 Å². The number of ether oxygens (including phenoxy) is 1. The second kappa shape index (κ2) is 6.06. The van der Waals surface area contributed by atoms with E-state index in [1.54, 1.807) is 6.92 Å². The number of hydrogen-bond acceptors (Lipinski definition) is 4. The van der Waals surface area contributed by atoms with Gasteiger partial charge < -0.3 is 4.74 Å². The maximum atomic E-state index is 11.7. The van der Waals surface area contributed by atoms with Crippen LogP contribution in [0.15, 0.2) is 18.2 Å². The Morgan fingerprint density at radius 3 is 2.67 bits per heavy atom. The van der Waals surface area contributed by atoms with Crippen LogP contribution < -0.4 is 4.72 Å². The summed E-state index contributed by atoms with van der Waals surface area (Å²) in [4.78, 5) is 11.5. The van der Waals surface area contributed by atoms with Gasteiger partial charge in [-0.05, 0) is 24.6 Å². The van der Waals surface area contributed by atoms with Gasteiger partial charge in [0.15, 0.2) is 0 Å². The van der Waals surface area contributed by atoms with Gasteiger partial charge in [-0.3, -0.25) is 4.72 Å². The lowest BCUT2D eigenvalue weighted by atomic mass is 10.2. The van der Waals surface area contributed by atoms with E-state index in [-0.39, 0.29) is 17.0 Å². The zero-order valence-corrected chi connectivity index (χ0v) is 11.6. The predicted octanol–water partition coefficient (Wildman–Crippen LogP) is 2.28. The lowest BCUT2D eigenvalue weighted by Crippen LogP contribution is -2.18. The van der Waals surface area contributed by atoms with Crippen molar-refractivity contribution >= 4 is 33.3 Å². The minimum Gasteiger partial charge on any atom is -0.465 e. The van der Waals surface area contributed by atoms with Gasteiger partial charge in [0.25, 0.3) is 0 Å². The number of benzene rings is 1. The number of carbonyl (C=O) groups excluding carboxylic acids is 1. The summed E-state index contributed by atoms with van der Waals surface area (Å²) < 4.78 is 30.2. The van der Waals surface area contributed by atoms with Crippen molar-refractivity contribution in [2.75, 3.05) is 17.6 Å². The molecule has 0 radical (unpaired) electrons. The molecule has 18 heavy (non-hydrogen) atoms. The fourth-order valence-electron chi connectivity index (χ4n) is 1.37. The Morgan fingerprint density at radius 2 is 2.11 bits per heavy atom. The molecule has 1 rings (SSSR count). The quantitative estimate of drug-likeness (QED) is 0.845. The van der Waals surface area contributed by atoms with E-state index in [4.69, 9.17) is 11.6 Å². The fourth-order valence-corrected chi connectivity index (χ4v) is 2.70. The highest BCUT2D eigenvalue weighted by molar-refractivity contribution is 7.92. The van der Waals surface area contributed by atoms with Gasteiger partial charge in [-0.2, -0.15) is 0 Å². The van der Waals surface area contributed by atoms with E-state index < -0.39 is 16.0 Å². The predicted molar refractivity (Wildman–Crippen MR) is 70.5 cm³/mol. The molecule has 0 aliphatic heterocycles. The third-order valence-corrected chi connectivity index (χ3v) is 3.84. The van der Waals surface area contributed by atoms with Crippen LogP contribution in [0.1, 0.15) is 23.7 Å². The number of nitrogens with one attached hydrogen (secondary N) is 1. The van der Waals surface area contributed by atoms with Crippen LogP contribution in [0, 0.1) is 0 Å². The first-order chi connectivity index (χ1) is 8.39. The molecule has 0 unspecified atom stereocenters. The van der Waals surface area contributed by atoms with Gasteiger partial charge in [0, 0.05) is 5.02 Å². The molecule has 0 heterocycles. The molecule has 0 saturated carbocycles. The second-order valence-corrected chi connectivity index (χ2v) is 5.88. The Morgan fingerprint density at radius 1 is 1.44 bits per heavy atom. The molecule has 0 fully saturated rings. The highest BCUT2D eigenvalue weighted by atomic mass is 35.5. The number of methoxy groups -OCH3 is 1. The van der Waals surface area contributed by atoms with Crippen molar-refractivity contribution in [1.29, 1.82) is 0 Å². The van der Waals surface area contributed by atoms with E-state index in [2.05, 4.69) is 9.46 Å². The van der Waals surface area contributed by atoms with Crippen molar-refractivity contribution < 1.29 is 17.9 Å². The van der Waals surface area contributed by atoms with Gasteiger partial charge in [0.1, 0.15) is 0 Å². The van der Waals surface area contributed by atoms with Crippen LogP contribution in [0.25, 0.3) is 0 Å². The number of rotatable bonds is 5. The van der Waals surface area contributed by atoms with Crippen molar-refractivity contribution in [3.63, 3.8) is 0 Å². The van der Waals surface area contributed by atoms with Crippen molar-refractivity contribution in [3.8, 4) is 0 Å². The molecule has 1 N–H and O–H groups in total. The standard InChI is InChI=1S/C11H14ClNO4S/c1-3-6-18(15,16)13-10-5-4-8(12)7-9(10)11(14)17-2/h4-5,7,13H,3,6H2,1-2H3. The summed E-state index contributed by atoms with van der Waals surface area (Å²) in [6.07, 6.45) is 0.483. The van der Waals surface area contributed by atoms with Gasteiger partial charge in [-0.1, -0.05) is 18.5 Å². The van der Waals surface area contributed by atoms with Gasteiger partial charge >= 0.3 is 5.97 Å². The SMILES string of the molecule is CCCS(=O)(=O)Nc1ccc(Cl)cc1C(=O)OC. The molecule has 0 bridgehead atoms. The molecule has 100 valence electrons. The number of anilines is 1. The lowest BCUT2D eigenvalue weighted by molar-refractivity contribution is 0.0602. The Balaban J connectivity index is 3.13. The van der Waals surface area contributed by atoms with Crippen molar-refractivity contribution in [2.24, 2.45) is 0 Å². The number of carbonyl (C=O) groups is 1. The first-order valence-electron chi connectivity index (χ1n) is 5.28. The molecule has 0 aliphatic rings. The highest BCUT2D eigenvalue weighted by Crippen LogP contribution is 2.22. The molecular weight excluding hydrogens is 278 g/mol. The summed E-state index contributed by atoms with van der Waals surface area (Å²) in [5.41, 5.74) is 0.254. The van der Waals surface area contributed by atoms with Crippen molar-refractivity contribution in [1.82, 2.24) is 0 Å². The van der Waals surface area contributed by atoms with E-state index in [0.717, 1.165) is 0 Å². The first-order valence-corrected chi connectivity index (χ1v) is 7.31. The fraction of sp³-hybridized carbons (Fsp3) is 0.364. The zero-order chi connectivity index (χ0) is 13.8. The summed E-state index contributed by atoms with van der Waals surface area (Å²) in [5.74, 6) is -0.664. The Kier molecular flexibility index (Phi) is 4.98. The zero-order valence-electron chi connectivity index (χ0n) is 10.1. The average molecular weight is 292 g/mol. The van der Waals surface area contributed by atoms with Gasteiger partial charge in [-0.25, -0.2) is 13.2 Å². The Labute approximate surface area is 111 Å². The van der Waals surface area contributed by atoms with Crippen LogP contribution in [0.5, 0.6) is 0 Å². The summed E-state index contributed by atoms with van der Waals surface area (Å²) in [6.45, 7) is 1.75. The summed E-state index contributed by atoms with van der Waals surface area (Å²) in [7, 11) is -2.25. The molecule has 0 atom stereocenters. The lowest BCUT2D eigenvalue weighted by Gasteiger charge is -2.11. The molecule has 5 nitrogen and oxygen atoms in total. The van der Waals surface area contributed by atoms with E-state index in [0.29, 0.717) is 11.4 Å². The van der Waals surface area contributed by atoms with E-state index in [9.17, 15) is 13.2 Å². The minimum atomic E-state index is -3.46. The molecule has 7 heteroatoms. The van der Waals surface area contributed by atoms with Crippen LogP contribution >= 0.6 is 11.6 Å². The van der Waals surface area contributed by atoms with Crippen LogP contribution in [0.2, 0.25) is 5.02 Å². The number of halogens is 1. The molecular formula is C11H14ClNO4S. The van der Waals surface area contributed by atoms with Gasteiger partial charge in [0.2, 0.25) is 10.0 Å². The van der Waals surface area contributed by atoms with Crippen LogP contribution in [0.4, 0.5) is 5.69 Å². The first kappa shape index (κ1) is 14.8. The molecule has 0 aliphatic carbocycles. The largest absolute Gasteiger partial charge is 0.465 e. The van der Waals surface area contributed by atoms with Gasteiger partial charge in [-0.15, -0.1) is 0 Å². The van der Waals surface area contributed by atoms with Crippen LogP contribution in [-0.4, -0.2) is 27.2 Å². The Bertz CT molecular complexity index is 542. The summed E-state index contributed by atoms with van der Waals surface area (Å²) in [6, 6.07) is 4.29. The second-order valence-electron chi connectivity index (χ2n) is 3.60. The van der Waals surface area contributed by atoms with E-state index >= 15 is 0 Å². The molecule has 0 aromatic heterocycles. The third-order valence-electron chi connectivity index (χ3n) is 2.13. The Hall–Kier alpha value is -1.27. The highest BCUT2D eigenvalue weighted by Gasteiger charge is 2.17. The third kappa shape index (κ3) is 3.89. The molecule has 1 aromatic carbocycles. The van der Waals surface area contributed by atoms with E-state index in [1.807, 2.05) is 0 Å². The molecule has 0 saturated heterocycles. The topological polar surface area (TPSA) is 72.5 Å². The minimum absolute atomic E-state index is 0.0176. The average Bonchev–Trinajstić information content (AvgIpc) is 2.30. The molecule has 1 aromatic rings. The molecule has 0 spiro atoms. The van der Waals surface area contributed by atoms with Gasteiger partial charge in [0.05, 0.1) is 24.1 Å². The smallest absolute Gasteiger partial charge is 0.340 e. The van der Waals surface area contributed by atoms with E-state index in [1.165, 1.54) is 25.3 Å². The number of hydrogen-bond donors (Lipinski definition) is 1. The summed E-state index contributed by atoms with van der Waals surface area (Å²) in [5, 5.41) is 0.328. The van der Waals surface area contributed by atoms with Crippen molar-refractivity contribution in [2.45, 2.75) is 13.3 Å². The normalized spacial score (nSPS) is 11.1. The monoisotopic (exact) mass is 291 g/mol. The maximum Gasteiger partial charge on any atom is 0.340 e.